The van der Waals surface area contributed by atoms with Gasteiger partial charge < -0.3 is 4.90 Å². The van der Waals surface area contributed by atoms with Crippen molar-refractivity contribution in [2.45, 2.75) is 33.2 Å². The molecule has 0 fully saturated rings. The fourth-order valence-corrected chi connectivity index (χ4v) is 4.50. The summed E-state index contributed by atoms with van der Waals surface area (Å²) in [4.78, 5) is 33.8. The lowest BCUT2D eigenvalue weighted by atomic mass is 10.1. The quantitative estimate of drug-likeness (QED) is 0.283. The Morgan fingerprint density at radius 2 is 1.81 bits per heavy atom. The SMILES string of the molecule is CCC(c1nc2ccccc2c(=O)n1-c1ccc(F)c(Cl)c1)N(CC(C)C)C(=O)c1cccc(F)c1. The van der Waals surface area contributed by atoms with E-state index >= 15 is 0 Å². The van der Waals surface area contributed by atoms with Crippen LogP contribution in [0.3, 0.4) is 0 Å². The summed E-state index contributed by atoms with van der Waals surface area (Å²) in [5, 5.41) is 0.241. The molecule has 0 bridgehead atoms. The minimum absolute atomic E-state index is 0.0810. The van der Waals surface area contributed by atoms with Crippen LogP contribution in [0.1, 0.15) is 49.4 Å². The van der Waals surface area contributed by atoms with E-state index in [0.29, 0.717) is 35.4 Å². The van der Waals surface area contributed by atoms with E-state index in [-0.39, 0.29) is 28.0 Å². The van der Waals surface area contributed by atoms with E-state index in [4.69, 9.17) is 16.6 Å². The molecular formula is C28H26ClF2N3O2. The van der Waals surface area contributed by atoms with Crippen LogP contribution in [-0.2, 0) is 0 Å². The summed E-state index contributed by atoms with van der Waals surface area (Å²) in [5.74, 6) is -1.11. The Morgan fingerprint density at radius 3 is 2.47 bits per heavy atom. The summed E-state index contributed by atoms with van der Waals surface area (Å²) in [6, 6.07) is 15.8. The van der Waals surface area contributed by atoms with E-state index in [1.807, 2.05) is 20.8 Å². The number of benzene rings is 3. The van der Waals surface area contributed by atoms with Gasteiger partial charge in [0.25, 0.3) is 11.5 Å². The zero-order valence-corrected chi connectivity index (χ0v) is 21.0. The van der Waals surface area contributed by atoms with E-state index in [2.05, 4.69) is 0 Å². The van der Waals surface area contributed by atoms with Crippen molar-refractivity contribution < 1.29 is 13.6 Å². The number of para-hydroxylation sites is 1. The molecule has 36 heavy (non-hydrogen) atoms. The molecule has 0 aliphatic rings. The number of fused-ring (bicyclic) bond motifs is 1. The smallest absolute Gasteiger partial charge is 0.266 e. The second kappa shape index (κ2) is 10.6. The summed E-state index contributed by atoms with van der Waals surface area (Å²) in [6.45, 7) is 6.18. The molecule has 8 heteroatoms. The minimum Gasteiger partial charge on any atom is -0.328 e. The van der Waals surface area contributed by atoms with E-state index < -0.39 is 17.7 Å². The van der Waals surface area contributed by atoms with E-state index in [1.165, 1.54) is 41.0 Å². The molecule has 3 aromatic carbocycles. The number of rotatable bonds is 7. The zero-order valence-electron chi connectivity index (χ0n) is 20.2. The lowest BCUT2D eigenvalue weighted by molar-refractivity contribution is 0.0630. The van der Waals surface area contributed by atoms with Gasteiger partial charge in [-0.15, -0.1) is 0 Å². The first kappa shape index (κ1) is 25.5. The molecule has 1 unspecified atom stereocenters. The van der Waals surface area contributed by atoms with Gasteiger partial charge >= 0.3 is 0 Å². The summed E-state index contributed by atoms with van der Waals surface area (Å²) in [5.41, 5.74) is 0.650. The molecule has 4 rings (SSSR count). The molecule has 5 nitrogen and oxygen atoms in total. The van der Waals surface area contributed by atoms with Gasteiger partial charge in [-0.25, -0.2) is 13.8 Å². The average Bonchev–Trinajstić information content (AvgIpc) is 2.85. The highest BCUT2D eigenvalue weighted by molar-refractivity contribution is 6.30. The summed E-state index contributed by atoms with van der Waals surface area (Å²) in [7, 11) is 0. The van der Waals surface area contributed by atoms with Gasteiger partial charge in [0, 0.05) is 12.1 Å². The lowest BCUT2D eigenvalue weighted by Gasteiger charge is -2.33. The fourth-order valence-electron chi connectivity index (χ4n) is 4.32. The standard InChI is InChI=1S/C28H26ClF2N3O2/c1-4-25(33(16-17(2)3)27(35)18-8-7-9-19(30)14-18)26-32-24-11-6-5-10-21(24)28(36)34(26)20-12-13-23(31)22(29)15-20/h5-15,17,25H,4,16H2,1-3H3. The minimum atomic E-state index is -0.635. The second-order valence-corrected chi connectivity index (χ2v) is 9.42. The molecule has 1 amide bonds. The highest BCUT2D eigenvalue weighted by Gasteiger charge is 2.30. The number of carbonyl (C=O) groups excluding carboxylic acids is 1. The molecule has 1 heterocycles. The van der Waals surface area contributed by atoms with Gasteiger partial charge in [-0.2, -0.15) is 0 Å². The average molecular weight is 510 g/mol. The number of carbonyl (C=O) groups is 1. The fraction of sp³-hybridized carbons (Fsp3) is 0.250. The van der Waals surface area contributed by atoms with Gasteiger partial charge in [-0.05, 0) is 60.9 Å². The molecule has 4 aromatic rings. The Labute approximate surface area is 213 Å². The van der Waals surface area contributed by atoms with Crippen LogP contribution in [0.25, 0.3) is 16.6 Å². The molecule has 0 radical (unpaired) electrons. The Balaban J connectivity index is 1.98. The third kappa shape index (κ3) is 5.02. The van der Waals surface area contributed by atoms with Crippen molar-refractivity contribution in [3.05, 3.63) is 105 Å². The summed E-state index contributed by atoms with van der Waals surface area (Å²) in [6.07, 6.45) is 0.424. The molecule has 0 saturated carbocycles. The third-order valence-electron chi connectivity index (χ3n) is 5.92. The predicted octanol–water partition coefficient (Wildman–Crippen LogP) is 6.57. The van der Waals surface area contributed by atoms with Crippen molar-refractivity contribution in [2.24, 2.45) is 5.92 Å². The predicted molar refractivity (Wildman–Crippen MR) is 138 cm³/mol. The number of aromatic nitrogens is 2. The highest BCUT2D eigenvalue weighted by atomic mass is 35.5. The highest BCUT2D eigenvalue weighted by Crippen LogP contribution is 2.29. The van der Waals surface area contributed by atoms with E-state index in [9.17, 15) is 18.4 Å². The van der Waals surface area contributed by atoms with Gasteiger partial charge in [0.05, 0.1) is 27.7 Å². The molecule has 1 atom stereocenters. The molecule has 0 spiro atoms. The molecule has 1 aromatic heterocycles. The molecule has 0 aliphatic heterocycles. The largest absolute Gasteiger partial charge is 0.328 e. The van der Waals surface area contributed by atoms with Crippen molar-refractivity contribution in [3.8, 4) is 5.69 Å². The monoisotopic (exact) mass is 509 g/mol. The summed E-state index contributed by atoms with van der Waals surface area (Å²) >= 11 is 6.07. The third-order valence-corrected chi connectivity index (χ3v) is 6.21. The molecule has 0 N–H and O–H groups in total. The number of hydrogen-bond acceptors (Lipinski definition) is 3. The van der Waals surface area contributed by atoms with Crippen LogP contribution in [0.15, 0.2) is 71.5 Å². The maximum absolute atomic E-state index is 14.0. The van der Waals surface area contributed by atoms with Gasteiger partial charge in [-0.3, -0.25) is 14.2 Å². The van der Waals surface area contributed by atoms with Crippen molar-refractivity contribution in [3.63, 3.8) is 0 Å². The van der Waals surface area contributed by atoms with Crippen LogP contribution >= 0.6 is 11.6 Å². The van der Waals surface area contributed by atoms with Gasteiger partial charge in [0.2, 0.25) is 0 Å². The Hall–Kier alpha value is -3.58. The van der Waals surface area contributed by atoms with Crippen LogP contribution in [0.2, 0.25) is 5.02 Å². The Kier molecular flexibility index (Phi) is 7.50. The Morgan fingerprint density at radius 1 is 1.06 bits per heavy atom. The first-order valence-electron chi connectivity index (χ1n) is 11.7. The lowest BCUT2D eigenvalue weighted by Crippen LogP contribution is -2.40. The zero-order chi connectivity index (χ0) is 26.0. The van der Waals surface area contributed by atoms with E-state index in [1.54, 1.807) is 35.2 Å². The number of hydrogen-bond donors (Lipinski definition) is 0. The van der Waals surface area contributed by atoms with Gasteiger partial charge in [0.1, 0.15) is 17.5 Å². The van der Waals surface area contributed by atoms with Crippen molar-refractivity contribution >= 4 is 28.4 Å². The van der Waals surface area contributed by atoms with Crippen molar-refractivity contribution in [1.82, 2.24) is 14.5 Å². The molecule has 186 valence electrons. The van der Waals surface area contributed by atoms with Crippen molar-refractivity contribution in [1.29, 1.82) is 0 Å². The van der Waals surface area contributed by atoms with Crippen LogP contribution in [0.4, 0.5) is 8.78 Å². The maximum atomic E-state index is 14.0. The first-order chi connectivity index (χ1) is 17.2. The summed E-state index contributed by atoms with van der Waals surface area (Å²) < 4.78 is 29.3. The number of halogens is 3. The van der Waals surface area contributed by atoms with Crippen LogP contribution < -0.4 is 5.56 Å². The first-order valence-corrected chi connectivity index (χ1v) is 12.1. The maximum Gasteiger partial charge on any atom is 0.266 e. The second-order valence-electron chi connectivity index (χ2n) is 9.01. The molecular weight excluding hydrogens is 484 g/mol. The van der Waals surface area contributed by atoms with E-state index in [0.717, 1.165) is 0 Å². The molecule has 0 saturated heterocycles. The van der Waals surface area contributed by atoms with Crippen LogP contribution in [0.5, 0.6) is 0 Å². The van der Waals surface area contributed by atoms with Gasteiger partial charge in [0.15, 0.2) is 0 Å². The van der Waals surface area contributed by atoms with Crippen LogP contribution in [-0.4, -0.2) is 26.9 Å². The Bertz CT molecular complexity index is 1490. The molecule has 0 aliphatic carbocycles. The number of amides is 1. The topological polar surface area (TPSA) is 55.2 Å². The van der Waals surface area contributed by atoms with Crippen molar-refractivity contribution in [2.75, 3.05) is 6.54 Å². The van der Waals surface area contributed by atoms with Crippen LogP contribution in [0, 0.1) is 17.6 Å². The van der Waals surface area contributed by atoms with Gasteiger partial charge in [-0.1, -0.05) is 50.6 Å². The normalized spacial score (nSPS) is 12.2. The number of nitrogens with zero attached hydrogens (tertiary/aromatic N) is 3.